The summed E-state index contributed by atoms with van der Waals surface area (Å²) in [5.41, 5.74) is 1.42. The highest BCUT2D eigenvalue weighted by Gasteiger charge is 2.36. The van der Waals surface area contributed by atoms with E-state index in [2.05, 4.69) is 5.10 Å². The summed E-state index contributed by atoms with van der Waals surface area (Å²) < 4.78 is 28.9. The van der Waals surface area contributed by atoms with Crippen molar-refractivity contribution in [2.24, 2.45) is 5.10 Å². The van der Waals surface area contributed by atoms with Crippen molar-refractivity contribution in [2.45, 2.75) is 25.3 Å². The Kier molecular flexibility index (Phi) is 5.74. The first-order chi connectivity index (χ1) is 14.6. The topological polar surface area (TPSA) is 85.3 Å². The smallest absolute Gasteiger partial charge is 0.306 e. The van der Waals surface area contributed by atoms with Crippen LogP contribution in [0.5, 0.6) is 0 Å². The van der Waals surface area contributed by atoms with E-state index in [4.69, 9.17) is 13.6 Å². The molecule has 3 aromatic rings. The van der Waals surface area contributed by atoms with Crippen molar-refractivity contribution < 1.29 is 27.6 Å². The number of aryl methyl sites for hydroxylation is 1. The van der Waals surface area contributed by atoms with E-state index in [0.717, 1.165) is 5.56 Å². The van der Waals surface area contributed by atoms with E-state index in [-0.39, 0.29) is 12.2 Å². The van der Waals surface area contributed by atoms with E-state index in [1.807, 2.05) is 0 Å². The van der Waals surface area contributed by atoms with E-state index in [1.54, 1.807) is 36.4 Å². The SMILES string of the molecule is O=C(CCc1ccc(F)cc1)OCC(=O)N1N=C(c2ccco2)CC1c1ccco1. The van der Waals surface area contributed by atoms with E-state index < -0.39 is 24.5 Å². The largest absolute Gasteiger partial charge is 0.467 e. The Hall–Kier alpha value is -3.68. The molecule has 1 aromatic carbocycles. The molecule has 2 aromatic heterocycles. The molecule has 0 radical (unpaired) electrons. The quantitative estimate of drug-likeness (QED) is 0.552. The Morgan fingerprint density at radius 1 is 1.10 bits per heavy atom. The third-order valence-corrected chi connectivity index (χ3v) is 4.73. The van der Waals surface area contributed by atoms with Gasteiger partial charge in [0.05, 0.1) is 12.5 Å². The molecule has 0 aliphatic carbocycles. The van der Waals surface area contributed by atoms with Crippen molar-refractivity contribution in [1.82, 2.24) is 5.01 Å². The normalized spacial score (nSPS) is 15.8. The van der Waals surface area contributed by atoms with Crippen LogP contribution < -0.4 is 0 Å². The van der Waals surface area contributed by atoms with Crippen molar-refractivity contribution in [1.29, 1.82) is 0 Å². The van der Waals surface area contributed by atoms with Crippen LogP contribution in [0, 0.1) is 5.82 Å². The lowest BCUT2D eigenvalue weighted by molar-refractivity contribution is -0.152. The van der Waals surface area contributed by atoms with Crippen molar-refractivity contribution in [3.8, 4) is 0 Å². The second-order valence-corrected chi connectivity index (χ2v) is 6.78. The summed E-state index contributed by atoms with van der Waals surface area (Å²) in [6, 6.07) is 12.5. The van der Waals surface area contributed by atoms with Crippen LogP contribution in [0.15, 0.2) is 75.0 Å². The molecule has 1 amide bonds. The molecule has 1 atom stereocenters. The molecule has 0 fully saturated rings. The Balaban J connectivity index is 1.36. The molecule has 3 heterocycles. The molecule has 0 N–H and O–H groups in total. The summed E-state index contributed by atoms with van der Waals surface area (Å²) in [5, 5.41) is 5.64. The number of hydrazone groups is 1. The van der Waals surface area contributed by atoms with Crippen LogP contribution in [0.25, 0.3) is 0 Å². The number of benzene rings is 1. The van der Waals surface area contributed by atoms with E-state index in [1.165, 1.54) is 29.7 Å². The van der Waals surface area contributed by atoms with Crippen LogP contribution in [0.4, 0.5) is 4.39 Å². The number of nitrogens with zero attached hydrogens (tertiary/aromatic N) is 2. The number of furan rings is 2. The molecule has 154 valence electrons. The zero-order valence-electron chi connectivity index (χ0n) is 16.0. The molecule has 4 rings (SSSR count). The van der Waals surface area contributed by atoms with Crippen LogP contribution in [0.2, 0.25) is 0 Å². The van der Waals surface area contributed by atoms with Gasteiger partial charge in [-0.1, -0.05) is 12.1 Å². The molecule has 7 nitrogen and oxygen atoms in total. The second kappa shape index (κ2) is 8.77. The molecule has 0 spiro atoms. The van der Waals surface area contributed by atoms with Gasteiger partial charge in [0, 0.05) is 12.8 Å². The maximum absolute atomic E-state index is 12.9. The molecule has 30 heavy (non-hydrogen) atoms. The predicted molar refractivity (Wildman–Crippen MR) is 104 cm³/mol. The third-order valence-electron chi connectivity index (χ3n) is 4.73. The van der Waals surface area contributed by atoms with Crippen LogP contribution in [0.1, 0.15) is 36.0 Å². The highest BCUT2D eigenvalue weighted by molar-refractivity contribution is 6.01. The summed E-state index contributed by atoms with van der Waals surface area (Å²) in [7, 11) is 0. The number of amides is 1. The number of carbonyl (C=O) groups is 2. The molecular weight excluding hydrogens is 391 g/mol. The molecule has 8 heteroatoms. The van der Waals surface area contributed by atoms with Gasteiger partial charge in [-0.05, 0) is 48.4 Å². The van der Waals surface area contributed by atoms with Gasteiger partial charge in [0.1, 0.15) is 29.1 Å². The number of ether oxygens (including phenoxy) is 1. The lowest BCUT2D eigenvalue weighted by atomic mass is 10.1. The minimum absolute atomic E-state index is 0.0848. The Bertz CT molecular complexity index is 1030. The minimum atomic E-state index is -0.517. The van der Waals surface area contributed by atoms with Crippen LogP contribution in [-0.4, -0.2) is 29.2 Å². The van der Waals surface area contributed by atoms with E-state index in [0.29, 0.717) is 30.1 Å². The average molecular weight is 410 g/mol. The number of rotatable bonds is 7. The van der Waals surface area contributed by atoms with Crippen molar-refractivity contribution in [3.63, 3.8) is 0 Å². The molecule has 1 aliphatic rings. The summed E-state index contributed by atoms with van der Waals surface area (Å²) in [4.78, 5) is 24.7. The standard InChI is InChI=1S/C22H19FN2O5/c23-16-8-5-15(6-9-16)7-10-22(27)30-14-21(26)25-18(20-4-2-12-29-20)13-17(24-25)19-3-1-11-28-19/h1-6,8-9,11-12,18H,7,10,13-14H2. The Morgan fingerprint density at radius 2 is 1.87 bits per heavy atom. The van der Waals surface area contributed by atoms with Gasteiger partial charge in [-0.3, -0.25) is 9.59 Å². The van der Waals surface area contributed by atoms with Gasteiger partial charge >= 0.3 is 5.97 Å². The van der Waals surface area contributed by atoms with Gasteiger partial charge in [0.2, 0.25) is 0 Å². The minimum Gasteiger partial charge on any atom is -0.467 e. The second-order valence-electron chi connectivity index (χ2n) is 6.78. The fourth-order valence-electron chi connectivity index (χ4n) is 3.21. The van der Waals surface area contributed by atoms with Crippen LogP contribution >= 0.6 is 0 Å². The zero-order valence-corrected chi connectivity index (χ0v) is 16.0. The van der Waals surface area contributed by atoms with E-state index in [9.17, 15) is 14.0 Å². The first-order valence-electron chi connectivity index (χ1n) is 9.47. The summed E-state index contributed by atoms with van der Waals surface area (Å²) in [6.07, 6.45) is 3.96. The molecule has 0 saturated carbocycles. The van der Waals surface area contributed by atoms with Crippen molar-refractivity contribution in [2.75, 3.05) is 6.61 Å². The maximum Gasteiger partial charge on any atom is 0.306 e. The summed E-state index contributed by atoms with van der Waals surface area (Å²) >= 11 is 0. The fourth-order valence-corrected chi connectivity index (χ4v) is 3.21. The van der Waals surface area contributed by atoms with Gasteiger partial charge in [0.25, 0.3) is 5.91 Å². The van der Waals surface area contributed by atoms with Gasteiger partial charge in [-0.2, -0.15) is 5.10 Å². The number of halogens is 1. The number of hydrogen-bond acceptors (Lipinski definition) is 6. The Labute approximate surface area is 171 Å². The number of carbonyl (C=O) groups excluding carboxylic acids is 2. The van der Waals surface area contributed by atoms with Crippen molar-refractivity contribution in [3.05, 3.63) is 84.0 Å². The maximum atomic E-state index is 12.9. The van der Waals surface area contributed by atoms with Gasteiger partial charge in [-0.25, -0.2) is 9.40 Å². The lowest BCUT2D eigenvalue weighted by Gasteiger charge is -2.19. The van der Waals surface area contributed by atoms with E-state index >= 15 is 0 Å². The fraction of sp³-hybridized carbons (Fsp3) is 0.227. The average Bonchev–Trinajstić information content (AvgIpc) is 3.51. The lowest BCUT2D eigenvalue weighted by Crippen LogP contribution is -2.31. The molecule has 0 saturated heterocycles. The van der Waals surface area contributed by atoms with Gasteiger partial charge in [-0.15, -0.1) is 0 Å². The number of hydrogen-bond donors (Lipinski definition) is 0. The number of esters is 1. The first kappa shape index (κ1) is 19.6. The molecule has 1 unspecified atom stereocenters. The van der Waals surface area contributed by atoms with Crippen LogP contribution in [-0.2, 0) is 20.7 Å². The first-order valence-corrected chi connectivity index (χ1v) is 9.47. The monoisotopic (exact) mass is 410 g/mol. The Morgan fingerprint density at radius 3 is 2.57 bits per heavy atom. The summed E-state index contributed by atoms with van der Waals surface area (Å²) in [5.74, 6) is -0.169. The van der Waals surface area contributed by atoms with Gasteiger partial charge < -0.3 is 13.6 Å². The predicted octanol–water partition coefficient (Wildman–Crippen LogP) is 3.87. The van der Waals surface area contributed by atoms with Crippen LogP contribution in [0.3, 0.4) is 0 Å². The van der Waals surface area contributed by atoms with Gasteiger partial charge in [0.15, 0.2) is 6.61 Å². The molecule has 1 aliphatic heterocycles. The third kappa shape index (κ3) is 4.48. The summed E-state index contributed by atoms with van der Waals surface area (Å²) in [6.45, 7) is -0.436. The highest BCUT2D eigenvalue weighted by atomic mass is 19.1. The zero-order chi connectivity index (χ0) is 20.9. The molecule has 0 bridgehead atoms. The highest BCUT2D eigenvalue weighted by Crippen LogP contribution is 2.33. The van der Waals surface area contributed by atoms with Crippen molar-refractivity contribution >= 4 is 17.6 Å². The molecular formula is C22H19FN2O5.